The van der Waals surface area contributed by atoms with E-state index in [0.717, 1.165) is 26.2 Å². The summed E-state index contributed by atoms with van der Waals surface area (Å²) >= 11 is 1.54. The van der Waals surface area contributed by atoms with Gasteiger partial charge >= 0.3 is 16.2 Å². The van der Waals surface area contributed by atoms with Crippen molar-refractivity contribution in [2.24, 2.45) is 0 Å². The highest BCUT2D eigenvalue weighted by molar-refractivity contribution is 7.88. The Labute approximate surface area is 225 Å². The maximum absolute atomic E-state index is 13.9. The molecule has 39 heavy (non-hydrogen) atoms. The third-order valence-electron chi connectivity index (χ3n) is 6.02. The average Bonchev–Trinajstić information content (AvgIpc) is 3.53. The number of nitrogens with zero attached hydrogens (tertiary/aromatic N) is 3. The van der Waals surface area contributed by atoms with Crippen molar-refractivity contribution in [2.75, 3.05) is 11.9 Å². The molecule has 200 valence electrons. The predicted molar refractivity (Wildman–Crippen MR) is 145 cm³/mol. The number of amides is 3. The lowest BCUT2D eigenvalue weighted by atomic mass is 10.0. The van der Waals surface area contributed by atoms with Gasteiger partial charge in [-0.15, -0.1) is 11.3 Å². The zero-order chi connectivity index (χ0) is 27.7. The number of pyridine rings is 1. The number of hydrogen-bond donors (Lipinski definition) is 2. The number of anilines is 1. The van der Waals surface area contributed by atoms with Crippen LogP contribution in [-0.2, 0) is 21.4 Å². The van der Waals surface area contributed by atoms with Gasteiger partial charge in [0, 0.05) is 47.7 Å². The number of rotatable bonds is 7. The number of carbonyl (C=O) groups excluding carboxylic acids is 2. The maximum atomic E-state index is 13.9. The molecule has 13 heteroatoms. The number of carbonyl (C=O) groups is 2. The molecular weight excluding hydrogens is 548 g/mol. The fraction of sp³-hybridized carbons (Fsp3) is 0.115. The Balaban J connectivity index is 1.41. The molecule has 0 unspecified atom stereocenters. The molecule has 9 nitrogen and oxygen atoms in total. The zero-order valence-corrected chi connectivity index (χ0v) is 22.0. The molecule has 0 saturated carbocycles. The van der Waals surface area contributed by atoms with Crippen LogP contribution in [0.15, 0.2) is 78.4 Å². The highest BCUT2D eigenvalue weighted by Crippen LogP contribution is 2.26. The second-order valence-electron chi connectivity index (χ2n) is 8.68. The van der Waals surface area contributed by atoms with Crippen LogP contribution in [-0.4, -0.2) is 42.4 Å². The smallest absolute Gasteiger partial charge is 0.325 e. The first-order chi connectivity index (χ1) is 18.6. The molecule has 0 aliphatic carbocycles. The van der Waals surface area contributed by atoms with E-state index in [1.54, 1.807) is 24.3 Å². The largest absolute Gasteiger partial charge is 0.332 e. The summed E-state index contributed by atoms with van der Waals surface area (Å²) in [5.74, 6) is -2.34. The van der Waals surface area contributed by atoms with Gasteiger partial charge < -0.3 is 10.2 Å². The van der Waals surface area contributed by atoms with Gasteiger partial charge in [0.05, 0.1) is 0 Å². The molecule has 3 heterocycles. The van der Waals surface area contributed by atoms with Gasteiger partial charge in [0.15, 0.2) is 5.65 Å². The molecule has 2 aromatic carbocycles. The summed E-state index contributed by atoms with van der Waals surface area (Å²) < 4.78 is 57.3. The summed E-state index contributed by atoms with van der Waals surface area (Å²) in [6, 6.07) is 12.2. The number of halogens is 2. The summed E-state index contributed by atoms with van der Waals surface area (Å²) in [7, 11) is -2.95. The Morgan fingerprint density at radius 1 is 1.05 bits per heavy atom. The van der Waals surface area contributed by atoms with Gasteiger partial charge in [0.1, 0.15) is 17.7 Å². The van der Waals surface area contributed by atoms with Gasteiger partial charge in [-0.2, -0.15) is 8.42 Å². The number of benzene rings is 2. The highest BCUT2D eigenvalue weighted by Gasteiger charge is 2.28. The Morgan fingerprint density at radius 3 is 2.59 bits per heavy atom. The fourth-order valence-electron chi connectivity index (χ4n) is 4.18. The Hall–Kier alpha value is -4.36. The molecule has 0 radical (unpaired) electrons. The van der Waals surface area contributed by atoms with Gasteiger partial charge in [-0.25, -0.2) is 27.3 Å². The molecule has 5 rings (SSSR count). The van der Waals surface area contributed by atoms with Crippen molar-refractivity contribution in [3.8, 4) is 0 Å². The Morgan fingerprint density at radius 2 is 1.82 bits per heavy atom. The van der Waals surface area contributed by atoms with Crippen LogP contribution in [0.3, 0.4) is 0 Å². The lowest BCUT2D eigenvalue weighted by molar-refractivity contribution is -0.120. The average molecular weight is 570 g/mol. The first-order valence-electron chi connectivity index (χ1n) is 11.6. The number of hydrogen-bond acceptors (Lipinski definition) is 6. The monoisotopic (exact) mass is 569 g/mol. The van der Waals surface area contributed by atoms with E-state index in [1.165, 1.54) is 41.7 Å². The molecule has 0 spiro atoms. The molecule has 3 amide bonds. The molecule has 0 saturated heterocycles. The summed E-state index contributed by atoms with van der Waals surface area (Å²) in [6.07, 6.45) is 2.34. The van der Waals surface area contributed by atoms with Crippen LogP contribution in [0.5, 0.6) is 0 Å². The second kappa shape index (κ2) is 10.4. The van der Waals surface area contributed by atoms with E-state index >= 15 is 0 Å². The van der Waals surface area contributed by atoms with Crippen LogP contribution in [0.2, 0.25) is 0 Å². The van der Waals surface area contributed by atoms with Crippen LogP contribution in [0.1, 0.15) is 5.56 Å². The summed E-state index contributed by atoms with van der Waals surface area (Å²) in [5.41, 5.74) is 0.710. The van der Waals surface area contributed by atoms with Crippen molar-refractivity contribution in [3.63, 3.8) is 0 Å². The molecule has 2 N–H and O–H groups in total. The van der Waals surface area contributed by atoms with Crippen molar-refractivity contribution in [1.82, 2.24) is 19.0 Å². The standard InChI is InChI=1S/C26H21F2N5O4S2/c1-32(21-4-5-23-18(14-21)7-10-38-23)25(34)22(13-16-11-19(27)15-20(28)12-16)30-26(35)31-39(36,37)33-9-6-17-3-2-8-29-24(17)33/h2-12,14-15,22H,13H2,1H3,(H2,30,31,35)/t22-/m0/s1. The quantitative estimate of drug-likeness (QED) is 0.305. The SMILES string of the molecule is CN(C(=O)[C@H](Cc1cc(F)cc(F)c1)NC(=O)NS(=O)(=O)n1ccc2cccnc21)c1ccc2sccc2c1. The van der Waals surface area contributed by atoms with E-state index in [4.69, 9.17) is 0 Å². The van der Waals surface area contributed by atoms with Gasteiger partial charge in [0.25, 0.3) is 0 Å². The van der Waals surface area contributed by atoms with Gasteiger partial charge in [0.2, 0.25) is 5.91 Å². The van der Waals surface area contributed by atoms with Crippen LogP contribution < -0.4 is 14.9 Å². The highest BCUT2D eigenvalue weighted by atomic mass is 32.2. The fourth-order valence-corrected chi connectivity index (χ4v) is 5.94. The molecule has 0 aliphatic rings. The summed E-state index contributed by atoms with van der Waals surface area (Å²) in [4.78, 5) is 31.7. The predicted octanol–water partition coefficient (Wildman–Crippen LogP) is 4.20. The van der Waals surface area contributed by atoms with Crippen molar-refractivity contribution in [1.29, 1.82) is 0 Å². The maximum Gasteiger partial charge on any atom is 0.332 e. The lowest BCUT2D eigenvalue weighted by Crippen LogP contribution is -2.53. The Bertz CT molecular complexity index is 1800. The number of likely N-dealkylation sites (N-methyl/N-ethyl adjacent to an activating group) is 1. The van der Waals surface area contributed by atoms with Crippen molar-refractivity contribution >= 4 is 60.3 Å². The van der Waals surface area contributed by atoms with Gasteiger partial charge in [-0.1, -0.05) is 0 Å². The first kappa shape index (κ1) is 26.3. The third kappa shape index (κ3) is 5.59. The van der Waals surface area contributed by atoms with Gasteiger partial charge in [-0.3, -0.25) is 4.79 Å². The number of aromatic nitrogens is 2. The molecular formula is C26H21F2N5O4S2. The van der Waals surface area contributed by atoms with E-state index in [2.05, 4.69) is 10.3 Å². The molecule has 0 fully saturated rings. The molecule has 0 bridgehead atoms. The van der Waals surface area contributed by atoms with Crippen LogP contribution >= 0.6 is 11.3 Å². The van der Waals surface area contributed by atoms with E-state index < -0.39 is 39.8 Å². The Kier molecular flexibility index (Phi) is 7.02. The van der Waals surface area contributed by atoms with E-state index in [0.29, 0.717) is 17.1 Å². The molecule has 1 atom stereocenters. The second-order valence-corrected chi connectivity index (χ2v) is 11.2. The van der Waals surface area contributed by atoms with Crippen molar-refractivity contribution in [3.05, 3.63) is 95.6 Å². The van der Waals surface area contributed by atoms with E-state index in [1.807, 2.05) is 22.2 Å². The minimum Gasteiger partial charge on any atom is -0.325 e. The van der Waals surface area contributed by atoms with E-state index in [9.17, 15) is 26.8 Å². The van der Waals surface area contributed by atoms with Crippen LogP contribution in [0.4, 0.5) is 19.3 Å². The van der Waals surface area contributed by atoms with E-state index in [-0.39, 0.29) is 17.6 Å². The summed E-state index contributed by atoms with van der Waals surface area (Å²) in [5, 5.41) is 5.71. The summed E-state index contributed by atoms with van der Waals surface area (Å²) in [6.45, 7) is 0. The first-order valence-corrected chi connectivity index (χ1v) is 13.9. The lowest BCUT2D eigenvalue weighted by Gasteiger charge is -2.25. The number of fused-ring (bicyclic) bond motifs is 2. The van der Waals surface area contributed by atoms with Crippen molar-refractivity contribution in [2.45, 2.75) is 12.5 Å². The number of thiophene rings is 1. The molecule has 0 aliphatic heterocycles. The zero-order valence-electron chi connectivity index (χ0n) is 20.3. The molecule has 5 aromatic rings. The topological polar surface area (TPSA) is 113 Å². The number of urea groups is 1. The van der Waals surface area contributed by atoms with Crippen LogP contribution in [0, 0.1) is 11.6 Å². The normalized spacial score (nSPS) is 12.4. The molecule has 3 aromatic heterocycles. The van der Waals surface area contributed by atoms with Crippen molar-refractivity contribution < 1.29 is 26.8 Å². The number of nitrogens with one attached hydrogen (secondary N) is 2. The minimum atomic E-state index is -4.44. The van der Waals surface area contributed by atoms with Crippen LogP contribution in [0.25, 0.3) is 21.1 Å². The third-order valence-corrected chi connectivity index (χ3v) is 8.17. The minimum absolute atomic E-state index is 0.0938. The van der Waals surface area contributed by atoms with Gasteiger partial charge in [-0.05, 0) is 70.9 Å².